The smallest absolute Gasteiger partial charge is 0.178 e. The van der Waals surface area contributed by atoms with Crippen molar-refractivity contribution in [3.05, 3.63) is 29.6 Å². The lowest BCUT2D eigenvalue weighted by Gasteiger charge is -2.26. The molecule has 1 aromatic carbocycles. The zero-order valence-corrected chi connectivity index (χ0v) is 10.0. The highest BCUT2D eigenvalue weighted by Gasteiger charge is 2.30. The Kier molecular flexibility index (Phi) is 3.46. The third kappa shape index (κ3) is 2.48. The molecule has 2 rings (SSSR count). The van der Waals surface area contributed by atoms with Gasteiger partial charge in [0.05, 0.1) is 17.3 Å². The first-order valence-corrected chi connectivity index (χ1v) is 7.06. The first-order valence-electron chi connectivity index (χ1n) is 5.41. The van der Waals surface area contributed by atoms with E-state index in [1.807, 2.05) is 0 Å². The Morgan fingerprint density at radius 1 is 1.47 bits per heavy atom. The van der Waals surface area contributed by atoms with Crippen molar-refractivity contribution in [3.63, 3.8) is 0 Å². The number of benzene rings is 1. The zero-order valence-electron chi connectivity index (χ0n) is 9.19. The second kappa shape index (κ2) is 4.72. The number of sulfone groups is 1. The number of hydrogen-bond acceptors (Lipinski definition) is 4. The van der Waals surface area contributed by atoms with Crippen molar-refractivity contribution >= 4 is 9.84 Å². The molecule has 1 aliphatic heterocycles. The number of aliphatic hydroxyl groups is 1. The number of rotatable bonds is 3. The van der Waals surface area contributed by atoms with E-state index in [0.29, 0.717) is 18.5 Å². The quantitative estimate of drug-likeness (QED) is 0.781. The van der Waals surface area contributed by atoms with Crippen LogP contribution in [0.1, 0.15) is 18.0 Å². The molecule has 0 saturated heterocycles. The fourth-order valence-electron chi connectivity index (χ4n) is 2.06. The van der Waals surface area contributed by atoms with Gasteiger partial charge in [-0.2, -0.15) is 0 Å². The highest BCUT2D eigenvalue weighted by Crippen LogP contribution is 2.32. The first kappa shape index (κ1) is 12.5. The van der Waals surface area contributed by atoms with Crippen molar-refractivity contribution in [2.75, 3.05) is 18.9 Å². The highest BCUT2D eigenvalue weighted by molar-refractivity contribution is 7.91. The largest absolute Gasteiger partial charge is 0.395 e. The third-order valence-corrected chi connectivity index (χ3v) is 4.68. The van der Waals surface area contributed by atoms with Crippen LogP contribution in [0.25, 0.3) is 0 Å². The molecular formula is C11H14FNO3S. The normalized spacial score (nSPS) is 22.1. The van der Waals surface area contributed by atoms with Gasteiger partial charge in [-0.05, 0) is 30.2 Å². The van der Waals surface area contributed by atoms with E-state index in [1.165, 1.54) is 12.1 Å². The Bertz CT molecular complexity index is 515. The Labute approximate surface area is 99.4 Å². The molecule has 0 fully saturated rings. The van der Waals surface area contributed by atoms with E-state index >= 15 is 0 Å². The number of halogens is 1. The van der Waals surface area contributed by atoms with Crippen LogP contribution in [0.2, 0.25) is 0 Å². The summed E-state index contributed by atoms with van der Waals surface area (Å²) in [4.78, 5) is 0.195. The van der Waals surface area contributed by atoms with E-state index in [1.54, 1.807) is 0 Å². The average Bonchev–Trinajstić information content (AvgIpc) is 2.28. The fourth-order valence-corrected chi connectivity index (χ4v) is 3.67. The number of aliphatic hydroxyl groups excluding tert-OH is 1. The molecule has 1 unspecified atom stereocenters. The second-order valence-electron chi connectivity index (χ2n) is 4.02. The molecule has 0 spiro atoms. The summed E-state index contributed by atoms with van der Waals surface area (Å²) < 4.78 is 36.8. The minimum Gasteiger partial charge on any atom is -0.395 e. The number of fused-ring (bicyclic) bond motifs is 1. The van der Waals surface area contributed by atoms with Crippen LogP contribution >= 0.6 is 0 Å². The monoisotopic (exact) mass is 259 g/mol. The van der Waals surface area contributed by atoms with Gasteiger partial charge in [-0.3, -0.25) is 0 Å². The van der Waals surface area contributed by atoms with Gasteiger partial charge in [-0.1, -0.05) is 0 Å². The Balaban J connectivity index is 2.42. The van der Waals surface area contributed by atoms with Crippen LogP contribution in [0.15, 0.2) is 23.1 Å². The summed E-state index contributed by atoms with van der Waals surface area (Å²) in [6.07, 6.45) is 0.402. The van der Waals surface area contributed by atoms with Crippen LogP contribution < -0.4 is 5.32 Å². The van der Waals surface area contributed by atoms with Gasteiger partial charge >= 0.3 is 0 Å². The lowest BCUT2D eigenvalue weighted by atomic mass is 10.0. The van der Waals surface area contributed by atoms with Crippen molar-refractivity contribution in [2.24, 2.45) is 0 Å². The first-order chi connectivity index (χ1) is 8.04. The Morgan fingerprint density at radius 2 is 2.24 bits per heavy atom. The minimum atomic E-state index is -3.29. The average molecular weight is 259 g/mol. The molecule has 0 radical (unpaired) electrons. The Morgan fingerprint density at radius 3 is 2.94 bits per heavy atom. The molecule has 0 bridgehead atoms. The molecule has 1 atom stereocenters. The molecule has 0 aromatic heterocycles. The van der Waals surface area contributed by atoms with Gasteiger partial charge in [0, 0.05) is 12.6 Å². The van der Waals surface area contributed by atoms with E-state index in [4.69, 9.17) is 5.11 Å². The van der Waals surface area contributed by atoms with Crippen molar-refractivity contribution in [1.29, 1.82) is 0 Å². The summed E-state index contributed by atoms with van der Waals surface area (Å²) in [7, 11) is -3.29. The number of nitrogens with one attached hydrogen (secondary N) is 1. The minimum absolute atomic E-state index is 0.0338. The van der Waals surface area contributed by atoms with E-state index < -0.39 is 15.7 Å². The van der Waals surface area contributed by atoms with Gasteiger partial charge in [0.15, 0.2) is 9.84 Å². The SMILES string of the molecule is O=S1(=O)CCC(NCCO)c2cc(F)ccc21. The molecule has 1 aliphatic rings. The van der Waals surface area contributed by atoms with Crippen molar-refractivity contribution in [1.82, 2.24) is 5.32 Å². The van der Waals surface area contributed by atoms with Crippen molar-refractivity contribution < 1.29 is 17.9 Å². The molecule has 0 saturated carbocycles. The van der Waals surface area contributed by atoms with Gasteiger partial charge in [0.25, 0.3) is 0 Å². The highest BCUT2D eigenvalue weighted by atomic mass is 32.2. The molecule has 94 valence electrons. The maximum atomic E-state index is 13.2. The summed E-state index contributed by atoms with van der Waals surface area (Å²) in [6, 6.07) is 3.51. The van der Waals surface area contributed by atoms with Gasteiger partial charge in [0.1, 0.15) is 5.82 Å². The predicted octanol–water partition coefficient (Wildman–Crippen LogP) is 0.626. The fraction of sp³-hybridized carbons (Fsp3) is 0.455. The summed E-state index contributed by atoms with van der Waals surface area (Å²) in [6.45, 7) is 0.328. The molecule has 4 nitrogen and oxygen atoms in total. The zero-order chi connectivity index (χ0) is 12.5. The molecule has 1 heterocycles. The molecule has 0 aliphatic carbocycles. The van der Waals surface area contributed by atoms with Crippen molar-refractivity contribution in [2.45, 2.75) is 17.4 Å². The maximum Gasteiger partial charge on any atom is 0.178 e. The maximum absolute atomic E-state index is 13.2. The van der Waals surface area contributed by atoms with E-state index in [-0.39, 0.29) is 23.3 Å². The predicted molar refractivity (Wildman–Crippen MR) is 60.9 cm³/mol. The van der Waals surface area contributed by atoms with E-state index in [2.05, 4.69) is 5.32 Å². The van der Waals surface area contributed by atoms with E-state index in [0.717, 1.165) is 6.07 Å². The van der Waals surface area contributed by atoms with Crippen LogP contribution in [-0.2, 0) is 9.84 Å². The lowest BCUT2D eigenvalue weighted by molar-refractivity contribution is 0.282. The van der Waals surface area contributed by atoms with Crippen LogP contribution in [0.4, 0.5) is 4.39 Å². The number of hydrogen-bond donors (Lipinski definition) is 2. The third-order valence-electron chi connectivity index (χ3n) is 2.86. The van der Waals surface area contributed by atoms with Crippen LogP contribution in [0.5, 0.6) is 0 Å². The van der Waals surface area contributed by atoms with Crippen LogP contribution in [0, 0.1) is 5.82 Å². The van der Waals surface area contributed by atoms with Crippen LogP contribution in [-0.4, -0.2) is 32.4 Å². The molecule has 1 aromatic rings. The standard InChI is InChI=1S/C11H14FNO3S/c12-8-1-2-11-9(7-8)10(13-4-5-14)3-6-17(11,15)16/h1-2,7,10,13-14H,3-6H2. The molecule has 0 amide bonds. The molecular weight excluding hydrogens is 245 g/mol. The summed E-state index contributed by atoms with van der Waals surface area (Å²) >= 11 is 0. The van der Waals surface area contributed by atoms with Crippen molar-refractivity contribution in [3.8, 4) is 0 Å². The van der Waals surface area contributed by atoms with Gasteiger partial charge in [-0.15, -0.1) is 0 Å². The summed E-state index contributed by atoms with van der Waals surface area (Å²) in [5, 5.41) is 11.8. The molecule has 17 heavy (non-hydrogen) atoms. The topological polar surface area (TPSA) is 66.4 Å². The van der Waals surface area contributed by atoms with E-state index in [9.17, 15) is 12.8 Å². The summed E-state index contributed by atoms with van der Waals surface area (Å²) in [5.74, 6) is -0.397. The Hall–Kier alpha value is -0.980. The molecule has 6 heteroatoms. The summed E-state index contributed by atoms with van der Waals surface area (Å²) in [5.41, 5.74) is 0.463. The van der Waals surface area contributed by atoms with Gasteiger partial charge in [-0.25, -0.2) is 12.8 Å². The second-order valence-corrected chi connectivity index (χ2v) is 6.10. The van der Waals surface area contributed by atoms with Crippen LogP contribution in [0.3, 0.4) is 0 Å². The lowest BCUT2D eigenvalue weighted by Crippen LogP contribution is -2.31. The van der Waals surface area contributed by atoms with Gasteiger partial charge in [0.2, 0.25) is 0 Å². The van der Waals surface area contributed by atoms with Gasteiger partial charge < -0.3 is 10.4 Å². The molecule has 2 N–H and O–H groups in total.